The summed E-state index contributed by atoms with van der Waals surface area (Å²) in [5.74, 6) is -0.481. The molecular weight excluding hydrogens is 351 g/mol. The van der Waals surface area contributed by atoms with Gasteiger partial charge in [-0.2, -0.15) is 13.2 Å². The van der Waals surface area contributed by atoms with Crippen molar-refractivity contribution in [2.45, 2.75) is 25.4 Å². The van der Waals surface area contributed by atoms with Gasteiger partial charge in [-0.1, -0.05) is 6.42 Å². The van der Waals surface area contributed by atoms with Crippen molar-refractivity contribution in [2.24, 2.45) is 5.41 Å². The molecule has 1 aliphatic carbocycles. The summed E-state index contributed by atoms with van der Waals surface area (Å²) in [5.41, 5.74) is -0.858. The van der Waals surface area contributed by atoms with Gasteiger partial charge in [0.05, 0.1) is 19.8 Å². The Balaban J connectivity index is 1.47. The van der Waals surface area contributed by atoms with E-state index in [1.165, 1.54) is 12.3 Å². The van der Waals surface area contributed by atoms with Gasteiger partial charge in [0.25, 0.3) is 0 Å². The molecule has 2 fully saturated rings. The maximum Gasteiger partial charge on any atom is 0.421 e. The fourth-order valence-corrected chi connectivity index (χ4v) is 3.28. The van der Waals surface area contributed by atoms with E-state index in [2.05, 4.69) is 10.3 Å². The fourth-order valence-electron chi connectivity index (χ4n) is 3.28. The van der Waals surface area contributed by atoms with Crippen molar-refractivity contribution >= 4 is 6.03 Å². The molecule has 1 saturated carbocycles. The number of hydrogen-bond acceptors (Lipinski definition) is 4. The molecule has 2 aliphatic rings. The normalized spacial score (nSPS) is 19.6. The summed E-state index contributed by atoms with van der Waals surface area (Å²) in [7, 11) is 0. The predicted molar refractivity (Wildman–Crippen MR) is 86.8 cm³/mol. The van der Waals surface area contributed by atoms with Crippen LogP contribution in [0.3, 0.4) is 0 Å². The average Bonchev–Trinajstić information content (AvgIpc) is 2.81. The van der Waals surface area contributed by atoms with Gasteiger partial charge in [-0.05, 0) is 25.0 Å². The lowest BCUT2D eigenvalue weighted by molar-refractivity contribution is -0.139. The molecule has 26 heavy (non-hydrogen) atoms. The molecule has 1 aromatic rings. The number of rotatable bonds is 4. The van der Waals surface area contributed by atoms with Gasteiger partial charge in [0.1, 0.15) is 12.2 Å². The van der Waals surface area contributed by atoms with E-state index in [0.29, 0.717) is 26.3 Å². The molecule has 1 aromatic heterocycles. The van der Waals surface area contributed by atoms with Crippen LogP contribution >= 0.6 is 0 Å². The molecule has 0 atom stereocenters. The summed E-state index contributed by atoms with van der Waals surface area (Å²) in [4.78, 5) is 17.7. The Morgan fingerprint density at radius 1 is 1.42 bits per heavy atom. The zero-order valence-corrected chi connectivity index (χ0v) is 14.3. The number of aromatic nitrogens is 1. The standard InChI is InChI=1S/C17H22F3N3O3/c18-17(19,20)13-3-1-6-21-14(13)26-9-7-22-15(24)23-8-10-25-12-16(11-23)4-2-5-16/h1,3,6H,2,4-5,7-12H2,(H,22,24). The van der Waals surface area contributed by atoms with Crippen LogP contribution in [0.15, 0.2) is 18.3 Å². The molecule has 1 aliphatic heterocycles. The highest BCUT2D eigenvalue weighted by Gasteiger charge is 2.41. The van der Waals surface area contributed by atoms with Crippen LogP contribution in [0.5, 0.6) is 5.88 Å². The number of carbonyl (C=O) groups is 1. The van der Waals surface area contributed by atoms with Gasteiger partial charge in [-0.15, -0.1) is 0 Å². The lowest BCUT2D eigenvalue weighted by Crippen LogP contribution is -2.49. The maximum absolute atomic E-state index is 12.9. The van der Waals surface area contributed by atoms with Crippen molar-refractivity contribution in [3.8, 4) is 5.88 Å². The van der Waals surface area contributed by atoms with Crippen molar-refractivity contribution in [2.75, 3.05) is 39.5 Å². The van der Waals surface area contributed by atoms with Crippen molar-refractivity contribution in [1.29, 1.82) is 0 Å². The SMILES string of the molecule is O=C(NCCOc1ncccc1C(F)(F)F)N1CCOCC2(CCC2)C1. The molecule has 1 N–H and O–H groups in total. The fraction of sp³-hybridized carbons (Fsp3) is 0.647. The minimum absolute atomic E-state index is 0.0694. The maximum atomic E-state index is 12.9. The Hall–Kier alpha value is -2.03. The second kappa shape index (κ2) is 7.69. The molecule has 6 nitrogen and oxygen atoms in total. The van der Waals surface area contributed by atoms with Crippen LogP contribution in [0.1, 0.15) is 24.8 Å². The van der Waals surface area contributed by atoms with E-state index in [0.717, 1.165) is 25.3 Å². The minimum atomic E-state index is -4.53. The Bertz CT molecular complexity index is 635. The monoisotopic (exact) mass is 373 g/mol. The van der Waals surface area contributed by atoms with Gasteiger partial charge < -0.3 is 19.7 Å². The van der Waals surface area contributed by atoms with E-state index in [1.54, 1.807) is 4.90 Å². The summed E-state index contributed by atoms with van der Waals surface area (Å²) < 4.78 is 49.3. The molecule has 3 rings (SSSR count). The third-order valence-electron chi connectivity index (χ3n) is 4.84. The van der Waals surface area contributed by atoms with Crippen LogP contribution in [0.2, 0.25) is 0 Å². The van der Waals surface area contributed by atoms with Crippen LogP contribution in [-0.4, -0.2) is 55.4 Å². The minimum Gasteiger partial charge on any atom is -0.475 e. The summed E-state index contributed by atoms with van der Waals surface area (Å²) in [6.07, 6.45) is -0.0354. The number of nitrogens with zero attached hydrogens (tertiary/aromatic N) is 2. The van der Waals surface area contributed by atoms with Crippen LogP contribution in [0, 0.1) is 5.41 Å². The van der Waals surface area contributed by atoms with Crippen LogP contribution in [0.4, 0.5) is 18.0 Å². The molecule has 1 saturated heterocycles. The molecule has 144 valence electrons. The highest BCUT2D eigenvalue weighted by molar-refractivity contribution is 5.74. The average molecular weight is 373 g/mol. The Labute approximate surface area is 149 Å². The van der Waals surface area contributed by atoms with E-state index < -0.39 is 17.6 Å². The third-order valence-corrected chi connectivity index (χ3v) is 4.84. The predicted octanol–water partition coefficient (Wildman–Crippen LogP) is 2.69. The van der Waals surface area contributed by atoms with Gasteiger partial charge in [0.2, 0.25) is 5.88 Å². The van der Waals surface area contributed by atoms with Crippen LogP contribution in [-0.2, 0) is 10.9 Å². The highest BCUT2D eigenvalue weighted by atomic mass is 19.4. The molecule has 0 bridgehead atoms. The van der Waals surface area contributed by atoms with Crippen molar-refractivity contribution < 1.29 is 27.4 Å². The van der Waals surface area contributed by atoms with E-state index >= 15 is 0 Å². The lowest BCUT2D eigenvalue weighted by atomic mass is 9.69. The summed E-state index contributed by atoms with van der Waals surface area (Å²) in [5, 5.41) is 2.69. The summed E-state index contributed by atoms with van der Waals surface area (Å²) in [6.45, 7) is 2.33. The largest absolute Gasteiger partial charge is 0.475 e. The smallest absolute Gasteiger partial charge is 0.421 e. The van der Waals surface area contributed by atoms with Gasteiger partial charge in [0.15, 0.2) is 0 Å². The third kappa shape index (κ3) is 4.38. The number of amides is 2. The molecule has 9 heteroatoms. The summed E-state index contributed by atoms with van der Waals surface area (Å²) >= 11 is 0. The molecule has 2 heterocycles. The number of ether oxygens (including phenoxy) is 2. The van der Waals surface area contributed by atoms with Gasteiger partial charge >= 0.3 is 12.2 Å². The highest BCUT2D eigenvalue weighted by Crippen LogP contribution is 2.42. The Morgan fingerprint density at radius 2 is 2.23 bits per heavy atom. The summed E-state index contributed by atoms with van der Waals surface area (Å²) in [6, 6.07) is 1.87. The second-order valence-electron chi connectivity index (χ2n) is 6.76. The number of urea groups is 1. The molecule has 0 radical (unpaired) electrons. The van der Waals surface area contributed by atoms with Crippen LogP contribution < -0.4 is 10.1 Å². The van der Waals surface area contributed by atoms with E-state index in [1.807, 2.05) is 0 Å². The number of hydrogen-bond donors (Lipinski definition) is 1. The first-order valence-corrected chi connectivity index (χ1v) is 8.65. The molecule has 0 aromatic carbocycles. The number of halogens is 3. The molecule has 2 amide bonds. The van der Waals surface area contributed by atoms with Crippen molar-refractivity contribution in [3.63, 3.8) is 0 Å². The first-order valence-electron chi connectivity index (χ1n) is 8.65. The number of nitrogens with one attached hydrogen (secondary N) is 1. The Kier molecular flexibility index (Phi) is 5.55. The van der Waals surface area contributed by atoms with Gasteiger partial charge in [-0.25, -0.2) is 9.78 Å². The van der Waals surface area contributed by atoms with Crippen molar-refractivity contribution in [1.82, 2.24) is 15.2 Å². The molecule has 1 spiro atoms. The Morgan fingerprint density at radius 3 is 2.92 bits per heavy atom. The number of carbonyl (C=O) groups excluding carboxylic acids is 1. The van der Waals surface area contributed by atoms with E-state index in [-0.39, 0.29) is 24.6 Å². The van der Waals surface area contributed by atoms with Crippen LogP contribution in [0.25, 0.3) is 0 Å². The van der Waals surface area contributed by atoms with Gasteiger partial charge in [0, 0.05) is 24.7 Å². The van der Waals surface area contributed by atoms with Crippen molar-refractivity contribution in [3.05, 3.63) is 23.9 Å². The topological polar surface area (TPSA) is 63.7 Å². The first-order chi connectivity index (χ1) is 12.4. The van der Waals surface area contributed by atoms with E-state index in [9.17, 15) is 18.0 Å². The zero-order chi connectivity index (χ0) is 18.6. The first kappa shape index (κ1) is 18.8. The van der Waals surface area contributed by atoms with Gasteiger partial charge in [-0.3, -0.25) is 0 Å². The number of alkyl halides is 3. The number of pyridine rings is 1. The molecule has 0 unspecified atom stereocenters. The van der Waals surface area contributed by atoms with E-state index in [4.69, 9.17) is 9.47 Å². The molecular formula is C17H22F3N3O3. The quantitative estimate of drug-likeness (QED) is 0.825. The second-order valence-corrected chi connectivity index (χ2v) is 6.76. The zero-order valence-electron chi connectivity index (χ0n) is 14.3. The lowest BCUT2D eigenvalue weighted by Gasteiger charge is -2.42.